The molecule has 0 bridgehead atoms. The first-order chi connectivity index (χ1) is 13.1. The van der Waals surface area contributed by atoms with Crippen LogP contribution >= 0.6 is 0 Å². The van der Waals surface area contributed by atoms with Crippen LogP contribution in [0.1, 0.15) is 0 Å². The molecule has 27 heavy (non-hydrogen) atoms. The molecule has 0 aliphatic heterocycles. The quantitative estimate of drug-likeness (QED) is 0.511. The molecule has 5 rings (SSSR count). The summed E-state index contributed by atoms with van der Waals surface area (Å²) in [6, 6.07) is 15.8. The standard InChI is InChI=1S/C22H18N2O3/c1-24-20-15(8-5-12-4-6-13(26-2)10-16(12)20)19-21(24)17-11-14(27-3)7-9-18(17)23-22(19)25/h4-11H,1-3H3,(H,23,25). The lowest BCUT2D eigenvalue weighted by Gasteiger charge is -2.07. The van der Waals surface area contributed by atoms with Crippen molar-refractivity contribution in [2.45, 2.75) is 0 Å². The molecule has 0 spiro atoms. The molecule has 2 heterocycles. The minimum atomic E-state index is -0.0875. The average Bonchev–Trinajstić information content (AvgIpc) is 3.01. The molecule has 5 heteroatoms. The van der Waals surface area contributed by atoms with Gasteiger partial charge >= 0.3 is 0 Å². The van der Waals surface area contributed by atoms with Gasteiger partial charge in [-0.2, -0.15) is 0 Å². The summed E-state index contributed by atoms with van der Waals surface area (Å²) in [7, 11) is 5.31. The number of rotatable bonds is 2. The first-order valence-corrected chi connectivity index (χ1v) is 8.71. The molecule has 0 aliphatic rings. The van der Waals surface area contributed by atoms with Gasteiger partial charge in [-0.1, -0.05) is 18.2 Å². The number of pyridine rings is 1. The molecule has 0 saturated heterocycles. The molecule has 0 aliphatic carbocycles. The number of methoxy groups -OCH3 is 2. The molecule has 0 saturated carbocycles. The van der Waals surface area contributed by atoms with Crippen LogP contribution in [0.2, 0.25) is 0 Å². The van der Waals surface area contributed by atoms with Crippen LogP contribution in [0.5, 0.6) is 11.5 Å². The van der Waals surface area contributed by atoms with Crippen molar-refractivity contribution in [1.82, 2.24) is 9.55 Å². The van der Waals surface area contributed by atoms with Crippen molar-refractivity contribution in [1.29, 1.82) is 0 Å². The van der Waals surface area contributed by atoms with Crippen LogP contribution in [0.25, 0.3) is 43.5 Å². The lowest BCUT2D eigenvalue weighted by Crippen LogP contribution is -2.06. The third-order valence-corrected chi connectivity index (χ3v) is 5.33. The topological polar surface area (TPSA) is 56.3 Å². The number of nitrogens with zero attached hydrogens (tertiary/aromatic N) is 1. The molecule has 0 amide bonds. The Morgan fingerprint density at radius 3 is 2.22 bits per heavy atom. The van der Waals surface area contributed by atoms with Crippen LogP contribution in [-0.2, 0) is 7.05 Å². The Bertz CT molecular complexity index is 1430. The summed E-state index contributed by atoms with van der Waals surface area (Å²) in [5.41, 5.74) is 2.62. The van der Waals surface area contributed by atoms with Gasteiger partial charge in [0.05, 0.1) is 36.2 Å². The van der Waals surface area contributed by atoms with Crippen molar-refractivity contribution in [3.8, 4) is 11.5 Å². The second kappa shape index (κ2) is 5.51. The maximum absolute atomic E-state index is 12.9. The summed E-state index contributed by atoms with van der Waals surface area (Å²) in [6.45, 7) is 0. The molecule has 2 aromatic heterocycles. The molecule has 0 fully saturated rings. The van der Waals surface area contributed by atoms with Gasteiger partial charge in [0, 0.05) is 23.2 Å². The average molecular weight is 358 g/mol. The zero-order chi connectivity index (χ0) is 18.7. The number of hydrogen-bond donors (Lipinski definition) is 1. The fourth-order valence-electron chi connectivity index (χ4n) is 4.07. The second-order valence-corrected chi connectivity index (χ2v) is 6.70. The highest BCUT2D eigenvalue weighted by atomic mass is 16.5. The van der Waals surface area contributed by atoms with Crippen molar-refractivity contribution >= 4 is 43.5 Å². The van der Waals surface area contributed by atoms with Crippen molar-refractivity contribution in [2.75, 3.05) is 14.2 Å². The van der Waals surface area contributed by atoms with Crippen LogP contribution in [0.4, 0.5) is 0 Å². The first kappa shape index (κ1) is 15.8. The van der Waals surface area contributed by atoms with Gasteiger partial charge in [0.1, 0.15) is 11.5 Å². The molecule has 0 atom stereocenters. The number of H-pyrrole nitrogens is 1. The van der Waals surface area contributed by atoms with Gasteiger partial charge in [-0.3, -0.25) is 4.79 Å². The maximum atomic E-state index is 12.9. The van der Waals surface area contributed by atoms with Crippen LogP contribution in [-0.4, -0.2) is 23.8 Å². The normalized spacial score (nSPS) is 11.7. The number of nitrogens with one attached hydrogen (secondary N) is 1. The van der Waals surface area contributed by atoms with Crippen LogP contribution in [0.3, 0.4) is 0 Å². The fourth-order valence-corrected chi connectivity index (χ4v) is 4.07. The number of hydrogen-bond acceptors (Lipinski definition) is 3. The van der Waals surface area contributed by atoms with Crippen molar-refractivity contribution in [2.24, 2.45) is 7.05 Å². The highest BCUT2D eigenvalue weighted by molar-refractivity contribution is 6.22. The molecule has 1 N–H and O–H groups in total. The van der Waals surface area contributed by atoms with E-state index in [-0.39, 0.29) is 5.56 Å². The molecule has 3 aromatic carbocycles. The molecule has 134 valence electrons. The third-order valence-electron chi connectivity index (χ3n) is 5.33. The van der Waals surface area contributed by atoms with E-state index >= 15 is 0 Å². The van der Waals surface area contributed by atoms with Crippen molar-refractivity contribution in [3.63, 3.8) is 0 Å². The summed E-state index contributed by atoms with van der Waals surface area (Å²) in [5.74, 6) is 1.55. The predicted molar refractivity (Wildman–Crippen MR) is 109 cm³/mol. The SMILES string of the molecule is COc1ccc2ccc3c4c(=O)[nH]c5ccc(OC)cc5c4n(C)c3c2c1. The number of ether oxygens (including phenoxy) is 2. The Balaban J connectivity index is 2.08. The third kappa shape index (κ3) is 2.08. The Hall–Kier alpha value is -3.47. The van der Waals surface area contributed by atoms with Crippen molar-refractivity contribution < 1.29 is 9.47 Å². The molecule has 0 radical (unpaired) electrons. The lowest BCUT2D eigenvalue weighted by molar-refractivity contribution is 0.415. The van der Waals surface area contributed by atoms with Gasteiger partial charge < -0.3 is 19.0 Å². The van der Waals surface area contributed by atoms with Gasteiger partial charge in [0.2, 0.25) is 0 Å². The molecular weight excluding hydrogens is 340 g/mol. The number of aromatic amines is 1. The molecule has 0 unspecified atom stereocenters. The van der Waals surface area contributed by atoms with Gasteiger partial charge in [0.15, 0.2) is 0 Å². The first-order valence-electron chi connectivity index (χ1n) is 8.71. The van der Waals surface area contributed by atoms with E-state index in [9.17, 15) is 4.79 Å². The van der Waals surface area contributed by atoms with Gasteiger partial charge in [-0.25, -0.2) is 0 Å². The zero-order valence-electron chi connectivity index (χ0n) is 15.3. The Morgan fingerprint density at radius 2 is 1.48 bits per heavy atom. The smallest absolute Gasteiger partial charge is 0.258 e. The fraction of sp³-hybridized carbons (Fsp3) is 0.136. The van der Waals surface area contributed by atoms with E-state index in [1.807, 2.05) is 55.6 Å². The Kier molecular flexibility index (Phi) is 3.22. The summed E-state index contributed by atoms with van der Waals surface area (Å²) in [6.07, 6.45) is 0. The number of aryl methyl sites for hydroxylation is 1. The summed E-state index contributed by atoms with van der Waals surface area (Å²) in [5, 5.41) is 4.74. The Labute approximate surface area is 154 Å². The largest absolute Gasteiger partial charge is 0.497 e. The summed E-state index contributed by atoms with van der Waals surface area (Å²) in [4.78, 5) is 15.9. The molecule has 5 nitrogen and oxygen atoms in total. The maximum Gasteiger partial charge on any atom is 0.258 e. The minimum Gasteiger partial charge on any atom is -0.497 e. The highest BCUT2D eigenvalue weighted by Gasteiger charge is 2.17. The van der Waals surface area contributed by atoms with Gasteiger partial charge in [-0.05, 0) is 35.7 Å². The van der Waals surface area contributed by atoms with E-state index in [0.29, 0.717) is 5.39 Å². The molecular formula is C22H18N2O3. The second-order valence-electron chi connectivity index (χ2n) is 6.70. The monoisotopic (exact) mass is 358 g/mol. The van der Waals surface area contributed by atoms with E-state index in [1.54, 1.807) is 14.2 Å². The number of benzene rings is 3. The highest BCUT2D eigenvalue weighted by Crippen LogP contribution is 2.36. The minimum absolute atomic E-state index is 0.0875. The van der Waals surface area contributed by atoms with Crippen LogP contribution < -0.4 is 15.0 Å². The number of fused-ring (bicyclic) bond motifs is 7. The van der Waals surface area contributed by atoms with E-state index in [4.69, 9.17) is 9.47 Å². The van der Waals surface area contributed by atoms with Crippen LogP contribution in [0, 0.1) is 0 Å². The van der Waals surface area contributed by atoms with Gasteiger partial charge in [0.25, 0.3) is 5.56 Å². The van der Waals surface area contributed by atoms with Crippen LogP contribution in [0.15, 0.2) is 53.3 Å². The predicted octanol–water partition coefficient (Wildman–Crippen LogP) is 4.34. The summed E-state index contributed by atoms with van der Waals surface area (Å²) < 4.78 is 12.9. The van der Waals surface area contributed by atoms with E-state index in [2.05, 4.69) is 9.55 Å². The van der Waals surface area contributed by atoms with Gasteiger partial charge in [-0.15, -0.1) is 0 Å². The summed E-state index contributed by atoms with van der Waals surface area (Å²) >= 11 is 0. The van der Waals surface area contributed by atoms with E-state index in [0.717, 1.165) is 49.6 Å². The Morgan fingerprint density at radius 1 is 0.815 bits per heavy atom. The van der Waals surface area contributed by atoms with E-state index < -0.39 is 0 Å². The lowest BCUT2D eigenvalue weighted by atomic mass is 10.1. The van der Waals surface area contributed by atoms with E-state index in [1.165, 1.54) is 0 Å². The van der Waals surface area contributed by atoms with Crippen molar-refractivity contribution in [3.05, 3.63) is 58.9 Å². The zero-order valence-corrected chi connectivity index (χ0v) is 15.3. The molecule has 5 aromatic rings. The number of aromatic nitrogens is 2.